The molecule has 0 saturated carbocycles. The average Bonchev–Trinajstić information content (AvgIpc) is 3.02. The van der Waals surface area contributed by atoms with Crippen LogP contribution in [-0.4, -0.2) is 55.3 Å². The molecule has 4 rings (SSSR count). The average molecular weight is 382 g/mol. The molecule has 2 aliphatic rings. The fourth-order valence-electron chi connectivity index (χ4n) is 3.96. The third kappa shape index (κ3) is 3.80. The van der Waals surface area contributed by atoms with Crippen molar-refractivity contribution in [3.63, 3.8) is 0 Å². The molecule has 146 valence electrons. The standard InChI is InChI=1S/C22H24N2O4/c25-13-12-23-8-10-24(11-9-23)15-18-19(26)7-6-17-21(27)20(28-22(17)18)14-16-4-2-1-3-5-16/h1-7,14,25-26H,8-13,15H2/p+2/b20-14-. The summed E-state index contributed by atoms with van der Waals surface area (Å²) in [6, 6.07) is 12.8. The van der Waals surface area contributed by atoms with Crippen molar-refractivity contribution in [3.05, 3.63) is 64.9 Å². The summed E-state index contributed by atoms with van der Waals surface area (Å²) in [7, 11) is 0. The van der Waals surface area contributed by atoms with Crippen molar-refractivity contribution < 1.29 is 29.5 Å². The summed E-state index contributed by atoms with van der Waals surface area (Å²) in [4.78, 5) is 15.5. The van der Waals surface area contributed by atoms with E-state index in [0.717, 1.165) is 38.3 Å². The number of nitrogens with one attached hydrogen (secondary N) is 2. The number of rotatable bonds is 5. The quantitative estimate of drug-likeness (QED) is 0.515. The molecule has 2 aromatic rings. The Morgan fingerprint density at radius 2 is 1.71 bits per heavy atom. The molecule has 0 aliphatic carbocycles. The number of piperazine rings is 1. The van der Waals surface area contributed by atoms with Crippen LogP contribution in [0.15, 0.2) is 48.2 Å². The van der Waals surface area contributed by atoms with Gasteiger partial charge in [-0.3, -0.25) is 4.79 Å². The molecule has 0 bridgehead atoms. The number of phenols is 1. The van der Waals surface area contributed by atoms with E-state index in [9.17, 15) is 9.90 Å². The molecule has 0 atom stereocenters. The molecular weight excluding hydrogens is 356 g/mol. The van der Waals surface area contributed by atoms with E-state index in [1.54, 1.807) is 18.2 Å². The predicted octanol–water partition coefficient (Wildman–Crippen LogP) is -0.716. The molecule has 0 amide bonds. The van der Waals surface area contributed by atoms with E-state index in [1.165, 1.54) is 9.80 Å². The molecule has 1 saturated heterocycles. The van der Waals surface area contributed by atoms with Crippen molar-refractivity contribution in [1.82, 2.24) is 0 Å². The van der Waals surface area contributed by atoms with E-state index in [0.29, 0.717) is 29.2 Å². The van der Waals surface area contributed by atoms with Gasteiger partial charge in [-0.2, -0.15) is 0 Å². The number of phenolic OH excluding ortho intramolecular Hbond substituents is 1. The summed E-state index contributed by atoms with van der Waals surface area (Å²) in [5.41, 5.74) is 2.11. The topological polar surface area (TPSA) is 75.6 Å². The van der Waals surface area contributed by atoms with Crippen molar-refractivity contribution in [1.29, 1.82) is 0 Å². The zero-order chi connectivity index (χ0) is 19.5. The van der Waals surface area contributed by atoms with Crippen LogP contribution in [0.1, 0.15) is 21.5 Å². The second kappa shape index (κ2) is 8.14. The van der Waals surface area contributed by atoms with Gasteiger partial charge in [0.15, 0.2) is 11.5 Å². The van der Waals surface area contributed by atoms with Crippen molar-refractivity contribution in [2.75, 3.05) is 39.3 Å². The van der Waals surface area contributed by atoms with Crippen LogP contribution in [0.2, 0.25) is 0 Å². The van der Waals surface area contributed by atoms with Gasteiger partial charge < -0.3 is 24.7 Å². The van der Waals surface area contributed by atoms with E-state index in [1.807, 2.05) is 30.3 Å². The SMILES string of the molecule is O=C1/C(=C/c2ccccc2)Oc2c1ccc(O)c2C[NH+]1CC[NH+](CCO)CC1. The lowest BCUT2D eigenvalue weighted by molar-refractivity contribution is -1.02. The van der Waals surface area contributed by atoms with Crippen LogP contribution in [-0.2, 0) is 6.54 Å². The van der Waals surface area contributed by atoms with Gasteiger partial charge in [-0.05, 0) is 23.8 Å². The van der Waals surface area contributed by atoms with Gasteiger partial charge in [0, 0.05) is 0 Å². The third-order valence-electron chi connectivity index (χ3n) is 5.57. The number of benzene rings is 2. The Kier molecular flexibility index (Phi) is 5.43. The summed E-state index contributed by atoms with van der Waals surface area (Å²) in [6.45, 7) is 5.51. The number of carbonyl (C=O) groups is 1. The van der Waals surface area contributed by atoms with Gasteiger partial charge in [0.1, 0.15) is 45.0 Å². The number of ketones is 1. The fraction of sp³-hybridized carbons (Fsp3) is 0.318. The molecule has 4 N–H and O–H groups in total. The molecule has 28 heavy (non-hydrogen) atoms. The zero-order valence-corrected chi connectivity index (χ0v) is 15.8. The van der Waals surface area contributed by atoms with Gasteiger partial charge in [-0.15, -0.1) is 0 Å². The number of Topliss-reactive ketones (excluding diaryl/α,β-unsaturated/α-hetero) is 1. The maximum absolute atomic E-state index is 12.8. The number of ether oxygens (including phenoxy) is 1. The van der Waals surface area contributed by atoms with Gasteiger partial charge in [-0.25, -0.2) is 0 Å². The highest BCUT2D eigenvalue weighted by Crippen LogP contribution is 2.39. The first kappa shape index (κ1) is 18.7. The maximum Gasteiger partial charge on any atom is 0.231 e. The Balaban J connectivity index is 1.54. The van der Waals surface area contributed by atoms with Crippen molar-refractivity contribution in [2.45, 2.75) is 6.54 Å². The highest BCUT2D eigenvalue weighted by molar-refractivity contribution is 6.14. The zero-order valence-electron chi connectivity index (χ0n) is 15.8. The van der Waals surface area contributed by atoms with Crippen LogP contribution in [0.5, 0.6) is 11.5 Å². The predicted molar refractivity (Wildman–Crippen MR) is 105 cm³/mol. The first-order valence-electron chi connectivity index (χ1n) is 9.78. The molecule has 6 nitrogen and oxygen atoms in total. The summed E-state index contributed by atoms with van der Waals surface area (Å²) in [5.74, 6) is 0.808. The number of hydrogen-bond acceptors (Lipinski definition) is 4. The smallest absolute Gasteiger partial charge is 0.231 e. The van der Waals surface area contributed by atoms with Crippen molar-refractivity contribution in [2.24, 2.45) is 0 Å². The van der Waals surface area contributed by atoms with E-state index < -0.39 is 0 Å². The highest BCUT2D eigenvalue weighted by Gasteiger charge is 2.33. The lowest BCUT2D eigenvalue weighted by Gasteiger charge is -2.29. The molecule has 2 aliphatic heterocycles. The van der Waals surface area contributed by atoms with Crippen LogP contribution in [0.25, 0.3) is 6.08 Å². The molecule has 2 aromatic carbocycles. The monoisotopic (exact) mass is 382 g/mol. The second-order valence-corrected chi connectivity index (χ2v) is 7.44. The minimum Gasteiger partial charge on any atom is -0.507 e. The molecule has 0 aromatic heterocycles. The molecule has 0 spiro atoms. The molecular formula is C22H26N2O4+2. The number of quaternary nitrogens is 2. The number of aliphatic hydroxyl groups excluding tert-OH is 1. The Morgan fingerprint density at radius 1 is 1.00 bits per heavy atom. The van der Waals surface area contributed by atoms with E-state index >= 15 is 0 Å². The van der Waals surface area contributed by atoms with Crippen molar-refractivity contribution in [3.8, 4) is 11.5 Å². The normalized spacial score (nSPS) is 22.9. The van der Waals surface area contributed by atoms with Crippen LogP contribution < -0.4 is 14.5 Å². The number of allylic oxidation sites excluding steroid dienone is 1. The molecule has 2 heterocycles. The largest absolute Gasteiger partial charge is 0.507 e. The minimum absolute atomic E-state index is 0.146. The minimum atomic E-state index is -0.146. The number of fused-ring (bicyclic) bond motifs is 1. The van der Waals surface area contributed by atoms with E-state index in [4.69, 9.17) is 9.84 Å². The second-order valence-electron chi connectivity index (χ2n) is 7.44. The summed E-state index contributed by atoms with van der Waals surface area (Å²) < 4.78 is 5.94. The Bertz CT molecular complexity index is 887. The lowest BCUT2D eigenvalue weighted by atomic mass is 10.0. The van der Waals surface area contributed by atoms with Crippen LogP contribution in [0.3, 0.4) is 0 Å². The maximum atomic E-state index is 12.8. The number of aromatic hydroxyl groups is 1. The Hall–Kier alpha value is -2.67. The van der Waals surface area contributed by atoms with Gasteiger partial charge in [-0.1, -0.05) is 30.3 Å². The number of carbonyl (C=O) groups excluding carboxylic acids is 1. The highest BCUT2D eigenvalue weighted by atomic mass is 16.5. The summed E-state index contributed by atoms with van der Waals surface area (Å²) >= 11 is 0. The number of aliphatic hydroxyl groups is 1. The molecule has 6 heteroatoms. The van der Waals surface area contributed by atoms with Crippen molar-refractivity contribution >= 4 is 11.9 Å². The van der Waals surface area contributed by atoms with Gasteiger partial charge >= 0.3 is 0 Å². The lowest BCUT2D eigenvalue weighted by Crippen LogP contribution is -3.27. The molecule has 0 radical (unpaired) electrons. The van der Waals surface area contributed by atoms with Crippen LogP contribution in [0, 0.1) is 0 Å². The molecule has 1 fully saturated rings. The third-order valence-corrected chi connectivity index (χ3v) is 5.57. The molecule has 0 unspecified atom stereocenters. The first-order valence-corrected chi connectivity index (χ1v) is 9.78. The summed E-state index contributed by atoms with van der Waals surface area (Å²) in [5, 5.41) is 19.5. The summed E-state index contributed by atoms with van der Waals surface area (Å²) in [6.07, 6.45) is 1.74. The van der Waals surface area contributed by atoms with Crippen LogP contribution >= 0.6 is 0 Å². The Morgan fingerprint density at radius 3 is 2.43 bits per heavy atom. The van der Waals surface area contributed by atoms with Gasteiger partial charge in [0.2, 0.25) is 5.78 Å². The van der Waals surface area contributed by atoms with E-state index in [-0.39, 0.29) is 18.1 Å². The fourth-order valence-corrected chi connectivity index (χ4v) is 3.96. The van der Waals surface area contributed by atoms with Gasteiger partial charge in [0.25, 0.3) is 0 Å². The van der Waals surface area contributed by atoms with Crippen LogP contribution in [0.4, 0.5) is 0 Å². The number of hydrogen-bond donors (Lipinski definition) is 4. The van der Waals surface area contributed by atoms with Gasteiger partial charge in [0.05, 0.1) is 17.7 Å². The van der Waals surface area contributed by atoms with E-state index in [2.05, 4.69) is 0 Å². The first-order chi connectivity index (χ1) is 13.7. The Labute approximate surface area is 164 Å².